The second-order valence-electron chi connectivity index (χ2n) is 6.41. The number of nitrogens with zero attached hydrogens (tertiary/aromatic N) is 2. The van der Waals surface area contributed by atoms with Crippen molar-refractivity contribution >= 4 is 28.8 Å². The first-order valence-electron chi connectivity index (χ1n) is 9.10. The van der Waals surface area contributed by atoms with Crippen LogP contribution in [0.5, 0.6) is 5.75 Å². The Labute approximate surface area is 165 Å². The lowest BCUT2D eigenvalue weighted by atomic mass is 10.2. The molecule has 6 nitrogen and oxygen atoms in total. The van der Waals surface area contributed by atoms with Crippen LogP contribution >= 0.6 is 0 Å². The Morgan fingerprint density at radius 2 is 1.64 bits per heavy atom. The molecule has 144 valence electrons. The van der Waals surface area contributed by atoms with Gasteiger partial charge in [-0.05, 0) is 67.6 Å². The van der Waals surface area contributed by atoms with E-state index in [9.17, 15) is 4.79 Å². The van der Waals surface area contributed by atoms with Gasteiger partial charge in [0.05, 0.1) is 12.2 Å². The lowest BCUT2D eigenvalue weighted by molar-refractivity contribution is 0.102. The first-order chi connectivity index (χ1) is 13.5. The summed E-state index contributed by atoms with van der Waals surface area (Å²) in [6, 6.07) is 18.8. The predicted molar refractivity (Wildman–Crippen MR) is 114 cm³/mol. The van der Waals surface area contributed by atoms with Gasteiger partial charge in [0.2, 0.25) is 0 Å². The van der Waals surface area contributed by atoms with Gasteiger partial charge in [-0.1, -0.05) is 0 Å². The summed E-state index contributed by atoms with van der Waals surface area (Å²) in [6.45, 7) is 2.59. The van der Waals surface area contributed by atoms with Crippen LogP contribution in [0.4, 0.5) is 22.9 Å². The van der Waals surface area contributed by atoms with Crippen molar-refractivity contribution in [1.29, 1.82) is 0 Å². The van der Waals surface area contributed by atoms with Crippen LogP contribution in [0.2, 0.25) is 0 Å². The summed E-state index contributed by atoms with van der Waals surface area (Å²) >= 11 is 0. The maximum atomic E-state index is 12.4. The molecule has 3 aromatic rings. The van der Waals surface area contributed by atoms with Gasteiger partial charge < -0.3 is 20.3 Å². The Hall–Kier alpha value is -3.54. The van der Waals surface area contributed by atoms with Crippen LogP contribution in [0.25, 0.3) is 0 Å². The minimum Gasteiger partial charge on any atom is -0.494 e. The Kier molecular flexibility index (Phi) is 6.11. The highest BCUT2D eigenvalue weighted by Gasteiger charge is 2.07. The Morgan fingerprint density at radius 1 is 0.964 bits per heavy atom. The van der Waals surface area contributed by atoms with Crippen molar-refractivity contribution in [3.8, 4) is 5.75 Å². The lowest BCUT2D eigenvalue weighted by Crippen LogP contribution is -2.13. The number of rotatable bonds is 7. The lowest BCUT2D eigenvalue weighted by Gasteiger charge is -2.13. The highest BCUT2D eigenvalue weighted by Crippen LogP contribution is 2.20. The number of aromatic nitrogens is 1. The van der Waals surface area contributed by atoms with E-state index < -0.39 is 0 Å². The maximum Gasteiger partial charge on any atom is 0.257 e. The third-order valence-corrected chi connectivity index (χ3v) is 4.10. The van der Waals surface area contributed by atoms with E-state index in [0.29, 0.717) is 18.0 Å². The molecule has 6 heteroatoms. The molecule has 0 spiro atoms. The van der Waals surface area contributed by atoms with Gasteiger partial charge >= 0.3 is 0 Å². The second-order valence-corrected chi connectivity index (χ2v) is 6.41. The molecule has 0 saturated carbocycles. The highest BCUT2D eigenvalue weighted by molar-refractivity contribution is 6.04. The van der Waals surface area contributed by atoms with E-state index in [1.54, 1.807) is 18.3 Å². The molecule has 0 radical (unpaired) electrons. The molecule has 0 bridgehead atoms. The Balaban J connectivity index is 1.60. The van der Waals surface area contributed by atoms with E-state index in [0.717, 1.165) is 22.8 Å². The van der Waals surface area contributed by atoms with E-state index in [4.69, 9.17) is 4.74 Å². The number of nitrogens with one attached hydrogen (secondary N) is 2. The van der Waals surface area contributed by atoms with Crippen LogP contribution in [0.15, 0.2) is 66.9 Å². The molecule has 0 saturated heterocycles. The zero-order valence-electron chi connectivity index (χ0n) is 16.3. The number of pyridine rings is 1. The van der Waals surface area contributed by atoms with Gasteiger partial charge in [-0.25, -0.2) is 4.98 Å². The fraction of sp³-hybridized carbons (Fsp3) is 0.182. The fourth-order valence-electron chi connectivity index (χ4n) is 2.60. The molecule has 0 aliphatic carbocycles. The minimum absolute atomic E-state index is 0.197. The molecule has 0 atom stereocenters. The molecule has 1 heterocycles. The molecule has 1 amide bonds. The number of amides is 1. The summed E-state index contributed by atoms with van der Waals surface area (Å²) in [6.07, 6.45) is 1.56. The standard InChI is InChI=1S/C22H24N4O2/c1-4-28-20-12-8-17(9-13-20)24-21-14-5-16(15-23-21)22(27)25-18-6-10-19(11-7-18)26(2)3/h5-15H,4H2,1-3H3,(H,23,24)(H,25,27). The molecule has 0 fully saturated rings. The number of hydrogen-bond acceptors (Lipinski definition) is 5. The van der Waals surface area contributed by atoms with Gasteiger partial charge in [0.1, 0.15) is 11.6 Å². The van der Waals surface area contributed by atoms with Crippen molar-refractivity contribution in [1.82, 2.24) is 4.98 Å². The average Bonchev–Trinajstić information content (AvgIpc) is 2.70. The van der Waals surface area contributed by atoms with Crippen molar-refractivity contribution < 1.29 is 9.53 Å². The third-order valence-electron chi connectivity index (χ3n) is 4.10. The van der Waals surface area contributed by atoms with Gasteiger partial charge in [-0.2, -0.15) is 0 Å². The van der Waals surface area contributed by atoms with Gasteiger partial charge in [-0.15, -0.1) is 0 Å². The third kappa shape index (κ3) is 5.01. The summed E-state index contributed by atoms with van der Waals surface area (Å²) in [7, 11) is 3.95. The largest absolute Gasteiger partial charge is 0.494 e. The van der Waals surface area contributed by atoms with Crippen molar-refractivity contribution in [3.63, 3.8) is 0 Å². The van der Waals surface area contributed by atoms with Gasteiger partial charge in [0, 0.05) is 37.4 Å². The summed E-state index contributed by atoms with van der Waals surface area (Å²) in [5, 5.41) is 6.08. The molecule has 28 heavy (non-hydrogen) atoms. The van der Waals surface area contributed by atoms with Gasteiger partial charge in [0.15, 0.2) is 0 Å². The van der Waals surface area contributed by atoms with Crippen LogP contribution in [-0.2, 0) is 0 Å². The average molecular weight is 376 g/mol. The van der Waals surface area contributed by atoms with Gasteiger partial charge in [0.25, 0.3) is 5.91 Å². The molecule has 2 N–H and O–H groups in total. The molecule has 3 rings (SSSR count). The van der Waals surface area contributed by atoms with E-state index >= 15 is 0 Å². The SMILES string of the molecule is CCOc1ccc(Nc2ccc(C(=O)Nc3ccc(N(C)C)cc3)cn2)cc1. The fourth-order valence-corrected chi connectivity index (χ4v) is 2.60. The summed E-state index contributed by atoms with van der Waals surface area (Å²) in [5.41, 5.74) is 3.21. The number of ether oxygens (including phenoxy) is 1. The molecule has 0 unspecified atom stereocenters. The van der Waals surface area contributed by atoms with Crippen LogP contribution < -0.4 is 20.3 Å². The molecule has 1 aromatic heterocycles. The molecule has 0 aliphatic heterocycles. The number of benzene rings is 2. The monoisotopic (exact) mass is 376 g/mol. The predicted octanol–water partition coefficient (Wildman–Crippen LogP) is 4.54. The topological polar surface area (TPSA) is 66.5 Å². The zero-order valence-corrected chi connectivity index (χ0v) is 16.3. The highest BCUT2D eigenvalue weighted by atomic mass is 16.5. The smallest absolute Gasteiger partial charge is 0.257 e. The number of anilines is 4. The number of carbonyl (C=O) groups excluding carboxylic acids is 1. The van der Waals surface area contributed by atoms with Crippen molar-refractivity contribution in [2.45, 2.75) is 6.92 Å². The summed E-state index contributed by atoms with van der Waals surface area (Å²) < 4.78 is 5.43. The second kappa shape index (κ2) is 8.90. The first kappa shape index (κ1) is 19.2. The summed E-state index contributed by atoms with van der Waals surface area (Å²) in [5.74, 6) is 1.29. The van der Waals surface area contributed by atoms with E-state index in [1.807, 2.05) is 74.4 Å². The molecular formula is C22H24N4O2. The zero-order chi connectivity index (χ0) is 19.9. The van der Waals surface area contributed by atoms with Crippen LogP contribution in [0.1, 0.15) is 17.3 Å². The van der Waals surface area contributed by atoms with E-state index in [2.05, 4.69) is 15.6 Å². The van der Waals surface area contributed by atoms with Crippen molar-refractivity contribution in [2.75, 3.05) is 36.2 Å². The molecule has 2 aromatic carbocycles. The van der Waals surface area contributed by atoms with Crippen LogP contribution in [-0.4, -0.2) is 31.6 Å². The van der Waals surface area contributed by atoms with Crippen molar-refractivity contribution in [2.24, 2.45) is 0 Å². The molecule has 0 aliphatic rings. The minimum atomic E-state index is -0.197. The first-order valence-corrected chi connectivity index (χ1v) is 9.10. The van der Waals surface area contributed by atoms with Gasteiger partial charge in [-0.3, -0.25) is 4.79 Å². The van der Waals surface area contributed by atoms with Crippen LogP contribution in [0.3, 0.4) is 0 Å². The Bertz CT molecular complexity index is 905. The number of carbonyl (C=O) groups is 1. The quantitative estimate of drug-likeness (QED) is 0.634. The van der Waals surface area contributed by atoms with Crippen LogP contribution in [0, 0.1) is 0 Å². The maximum absolute atomic E-state index is 12.4. The summed E-state index contributed by atoms with van der Waals surface area (Å²) in [4.78, 5) is 18.7. The van der Waals surface area contributed by atoms with E-state index in [1.165, 1.54) is 0 Å². The van der Waals surface area contributed by atoms with E-state index in [-0.39, 0.29) is 5.91 Å². The normalized spacial score (nSPS) is 10.2. The number of hydrogen-bond donors (Lipinski definition) is 2. The Morgan fingerprint density at radius 3 is 2.21 bits per heavy atom. The van der Waals surface area contributed by atoms with Crippen molar-refractivity contribution in [3.05, 3.63) is 72.4 Å². The molecular weight excluding hydrogens is 352 g/mol.